The van der Waals surface area contributed by atoms with E-state index in [1.165, 1.54) is 5.56 Å². The third kappa shape index (κ3) is 5.25. The summed E-state index contributed by atoms with van der Waals surface area (Å²) in [5, 5.41) is 12.4. The highest BCUT2D eigenvalue weighted by Crippen LogP contribution is 2.15. The Hall–Kier alpha value is -2.58. The van der Waals surface area contributed by atoms with Crippen molar-refractivity contribution in [1.82, 2.24) is 9.88 Å². The first kappa shape index (κ1) is 17.8. The van der Waals surface area contributed by atoms with Crippen molar-refractivity contribution in [3.8, 4) is 6.07 Å². The maximum Gasteiger partial charge on any atom is 0.355 e. The molecule has 126 valence electrons. The molecule has 0 aliphatic carbocycles. The molecule has 2 aromatic rings. The number of carbonyl (C=O) groups excluding carboxylic acids is 1. The Kier molecular flexibility index (Phi) is 5.78. The lowest BCUT2D eigenvalue weighted by Crippen LogP contribution is -2.26. The summed E-state index contributed by atoms with van der Waals surface area (Å²) in [4.78, 5) is 12.3. The molecule has 1 aromatic heterocycles. The third-order valence-electron chi connectivity index (χ3n) is 3.34. The fourth-order valence-corrected chi connectivity index (χ4v) is 2.29. The maximum atomic E-state index is 12.3. The monoisotopic (exact) mass is 325 g/mol. The van der Waals surface area contributed by atoms with Crippen molar-refractivity contribution in [2.75, 3.05) is 6.54 Å². The largest absolute Gasteiger partial charge is 0.455 e. The second-order valence-corrected chi connectivity index (χ2v) is 6.58. The third-order valence-corrected chi connectivity index (χ3v) is 3.34. The van der Waals surface area contributed by atoms with E-state index in [-0.39, 0.29) is 0 Å². The van der Waals surface area contributed by atoms with Crippen molar-refractivity contribution in [1.29, 1.82) is 5.26 Å². The van der Waals surface area contributed by atoms with Gasteiger partial charge in [0, 0.05) is 25.8 Å². The highest BCUT2D eigenvalue weighted by molar-refractivity contribution is 5.88. The standard InChI is InChI=1S/C19H23N3O2/c1-19(2,3)24-18(23)17-11-16(12-20)14-22(17)10-9-21-13-15-7-5-4-6-8-15/h4-8,11,14,21H,9-10,13H2,1-3H3. The molecule has 0 aliphatic rings. The number of nitrogens with one attached hydrogen (secondary N) is 1. The van der Waals surface area contributed by atoms with E-state index in [0.717, 1.165) is 6.54 Å². The van der Waals surface area contributed by atoms with Gasteiger partial charge in [0.25, 0.3) is 0 Å². The van der Waals surface area contributed by atoms with Crippen LogP contribution in [0.25, 0.3) is 0 Å². The summed E-state index contributed by atoms with van der Waals surface area (Å²) < 4.78 is 7.18. The van der Waals surface area contributed by atoms with Gasteiger partial charge in [0.15, 0.2) is 0 Å². The first-order valence-corrected chi connectivity index (χ1v) is 7.97. The molecular weight excluding hydrogens is 302 g/mol. The highest BCUT2D eigenvalue weighted by atomic mass is 16.6. The molecule has 0 radical (unpaired) electrons. The molecule has 1 N–H and O–H groups in total. The lowest BCUT2D eigenvalue weighted by atomic mass is 10.2. The Morgan fingerprint density at radius 3 is 2.62 bits per heavy atom. The van der Waals surface area contributed by atoms with Gasteiger partial charge < -0.3 is 14.6 Å². The number of hydrogen-bond donors (Lipinski definition) is 1. The van der Waals surface area contributed by atoms with Gasteiger partial charge in [-0.05, 0) is 32.4 Å². The molecule has 0 aliphatic heterocycles. The molecule has 0 saturated heterocycles. The number of hydrogen-bond acceptors (Lipinski definition) is 4. The van der Waals surface area contributed by atoms with Crippen molar-refractivity contribution >= 4 is 5.97 Å². The predicted molar refractivity (Wildman–Crippen MR) is 92.5 cm³/mol. The van der Waals surface area contributed by atoms with Gasteiger partial charge in [0.1, 0.15) is 17.4 Å². The molecule has 24 heavy (non-hydrogen) atoms. The van der Waals surface area contributed by atoms with Crippen LogP contribution in [0.2, 0.25) is 0 Å². The number of rotatable bonds is 6. The Labute approximate surface area is 142 Å². The molecule has 0 fully saturated rings. The van der Waals surface area contributed by atoms with Gasteiger partial charge in [-0.25, -0.2) is 4.79 Å². The molecule has 0 amide bonds. The topological polar surface area (TPSA) is 67.0 Å². The van der Waals surface area contributed by atoms with E-state index in [1.807, 2.05) is 39.0 Å². The molecule has 1 aromatic carbocycles. The van der Waals surface area contributed by atoms with Crippen molar-refractivity contribution in [3.05, 3.63) is 59.4 Å². The lowest BCUT2D eigenvalue weighted by molar-refractivity contribution is 0.00577. The second-order valence-electron chi connectivity index (χ2n) is 6.58. The highest BCUT2D eigenvalue weighted by Gasteiger charge is 2.21. The minimum atomic E-state index is -0.565. The number of ether oxygens (including phenoxy) is 1. The SMILES string of the molecule is CC(C)(C)OC(=O)c1cc(C#N)cn1CCNCc1ccccc1. The number of nitrogens with zero attached hydrogens (tertiary/aromatic N) is 2. The Balaban J connectivity index is 1.97. The summed E-state index contributed by atoms with van der Waals surface area (Å²) >= 11 is 0. The fourth-order valence-electron chi connectivity index (χ4n) is 2.29. The van der Waals surface area contributed by atoms with Crippen LogP contribution in [0.4, 0.5) is 0 Å². The van der Waals surface area contributed by atoms with Crippen molar-refractivity contribution in [3.63, 3.8) is 0 Å². The molecule has 0 atom stereocenters. The van der Waals surface area contributed by atoms with E-state index in [2.05, 4.69) is 23.5 Å². The summed E-state index contributed by atoms with van der Waals surface area (Å²) in [6, 6.07) is 13.8. The second kappa shape index (κ2) is 7.80. The Morgan fingerprint density at radius 2 is 2.00 bits per heavy atom. The number of carbonyl (C=O) groups is 1. The van der Waals surface area contributed by atoms with Crippen LogP contribution in [0.1, 0.15) is 42.4 Å². The molecule has 0 unspecified atom stereocenters. The van der Waals surface area contributed by atoms with Crippen LogP contribution in [0, 0.1) is 11.3 Å². The van der Waals surface area contributed by atoms with Crippen LogP contribution in [0.15, 0.2) is 42.6 Å². The molecular formula is C19H23N3O2. The van der Waals surface area contributed by atoms with Crippen LogP contribution in [0.3, 0.4) is 0 Å². The van der Waals surface area contributed by atoms with E-state index < -0.39 is 11.6 Å². The minimum absolute atomic E-state index is 0.406. The summed E-state index contributed by atoms with van der Waals surface area (Å²) in [5.74, 6) is -0.410. The van der Waals surface area contributed by atoms with Gasteiger partial charge in [0.2, 0.25) is 0 Å². The van der Waals surface area contributed by atoms with Gasteiger partial charge in [-0.15, -0.1) is 0 Å². The number of nitriles is 1. The van der Waals surface area contributed by atoms with E-state index in [9.17, 15) is 4.79 Å². The van der Waals surface area contributed by atoms with Crippen LogP contribution in [-0.4, -0.2) is 22.7 Å². The molecule has 0 bridgehead atoms. The molecule has 5 nitrogen and oxygen atoms in total. The van der Waals surface area contributed by atoms with Crippen LogP contribution in [-0.2, 0) is 17.8 Å². The first-order chi connectivity index (χ1) is 11.4. The Bertz CT molecular complexity index is 721. The average molecular weight is 325 g/mol. The van der Waals surface area contributed by atoms with Crippen LogP contribution in [0.5, 0.6) is 0 Å². The van der Waals surface area contributed by atoms with Gasteiger partial charge in [0.05, 0.1) is 5.56 Å². The van der Waals surface area contributed by atoms with Crippen molar-refractivity contribution in [2.24, 2.45) is 0 Å². The Morgan fingerprint density at radius 1 is 1.29 bits per heavy atom. The zero-order valence-corrected chi connectivity index (χ0v) is 14.4. The van der Waals surface area contributed by atoms with Crippen LogP contribution < -0.4 is 5.32 Å². The number of aromatic nitrogens is 1. The van der Waals surface area contributed by atoms with Gasteiger partial charge in [-0.3, -0.25) is 0 Å². The summed E-state index contributed by atoms with van der Waals surface area (Å²) in [5.41, 5.74) is 1.50. The summed E-state index contributed by atoms with van der Waals surface area (Å²) in [6.45, 7) is 7.50. The minimum Gasteiger partial charge on any atom is -0.455 e. The van der Waals surface area contributed by atoms with Gasteiger partial charge >= 0.3 is 5.97 Å². The normalized spacial score (nSPS) is 11.1. The van der Waals surface area contributed by atoms with Gasteiger partial charge in [-0.1, -0.05) is 30.3 Å². The van der Waals surface area contributed by atoms with E-state index >= 15 is 0 Å². The zero-order chi connectivity index (χ0) is 17.6. The average Bonchev–Trinajstić information content (AvgIpc) is 2.94. The van der Waals surface area contributed by atoms with E-state index in [1.54, 1.807) is 16.8 Å². The molecule has 0 spiro atoms. The first-order valence-electron chi connectivity index (χ1n) is 7.97. The van der Waals surface area contributed by atoms with E-state index in [4.69, 9.17) is 10.00 Å². The summed E-state index contributed by atoms with van der Waals surface area (Å²) in [6.07, 6.45) is 1.68. The van der Waals surface area contributed by atoms with Crippen molar-refractivity contribution < 1.29 is 9.53 Å². The fraction of sp³-hybridized carbons (Fsp3) is 0.368. The zero-order valence-electron chi connectivity index (χ0n) is 14.4. The van der Waals surface area contributed by atoms with E-state index in [0.29, 0.717) is 24.3 Å². The molecule has 2 rings (SSSR count). The van der Waals surface area contributed by atoms with Crippen molar-refractivity contribution in [2.45, 2.75) is 39.5 Å². The van der Waals surface area contributed by atoms with Crippen LogP contribution >= 0.6 is 0 Å². The lowest BCUT2D eigenvalue weighted by Gasteiger charge is -2.20. The number of esters is 1. The number of benzene rings is 1. The quantitative estimate of drug-likeness (QED) is 0.654. The predicted octanol–water partition coefficient (Wildman–Crippen LogP) is 3.10. The maximum absolute atomic E-state index is 12.3. The molecule has 5 heteroatoms. The summed E-state index contributed by atoms with van der Waals surface area (Å²) in [7, 11) is 0. The smallest absolute Gasteiger partial charge is 0.355 e. The van der Waals surface area contributed by atoms with Gasteiger partial charge in [-0.2, -0.15) is 5.26 Å². The molecule has 1 heterocycles. The molecule has 0 saturated carbocycles.